The highest BCUT2D eigenvalue weighted by atomic mass is 16.2. The number of rotatable bonds is 2. The van der Waals surface area contributed by atoms with Crippen LogP contribution in [-0.2, 0) is 0 Å². The predicted octanol–water partition coefficient (Wildman–Crippen LogP) is 3.43. The van der Waals surface area contributed by atoms with E-state index in [9.17, 15) is 4.79 Å². The Morgan fingerprint density at radius 2 is 2.00 bits per heavy atom. The third-order valence-corrected chi connectivity index (χ3v) is 5.08. The topological polar surface area (TPSA) is 33.2 Å². The van der Waals surface area contributed by atoms with Gasteiger partial charge < -0.3 is 4.90 Å². The van der Waals surface area contributed by atoms with Crippen molar-refractivity contribution in [3.8, 4) is 0 Å². The van der Waals surface area contributed by atoms with Gasteiger partial charge in [0.2, 0.25) is 0 Å². The molecule has 2 fully saturated rings. The molecule has 1 aromatic heterocycles. The van der Waals surface area contributed by atoms with Gasteiger partial charge in [0.15, 0.2) is 0 Å². The van der Waals surface area contributed by atoms with Crippen molar-refractivity contribution in [3.05, 3.63) is 29.6 Å². The molecule has 1 aliphatic heterocycles. The lowest BCUT2D eigenvalue weighted by molar-refractivity contribution is 0.0779. The van der Waals surface area contributed by atoms with Gasteiger partial charge in [-0.1, -0.05) is 32.1 Å². The maximum atomic E-state index is 12.6. The van der Waals surface area contributed by atoms with Crippen molar-refractivity contribution in [2.75, 3.05) is 13.1 Å². The fraction of sp³-hybridized carbons (Fsp3) is 0.647. The van der Waals surface area contributed by atoms with Gasteiger partial charge >= 0.3 is 0 Å². The lowest BCUT2D eigenvalue weighted by atomic mass is 9.80. The monoisotopic (exact) mass is 272 g/mol. The maximum Gasteiger partial charge on any atom is 0.254 e. The second-order valence-corrected chi connectivity index (χ2v) is 6.39. The van der Waals surface area contributed by atoms with Crippen LogP contribution >= 0.6 is 0 Å². The molecule has 20 heavy (non-hydrogen) atoms. The number of hydrogen-bond acceptors (Lipinski definition) is 2. The molecule has 1 aliphatic carbocycles. The number of aryl methyl sites for hydroxylation is 1. The third kappa shape index (κ3) is 2.72. The number of carbonyl (C=O) groups excluding carboxylic acids is 1. The molecule has 3 nitrogen and oxygen atoms in total. The zero-order chi connectivity index (χ0) is 13.9. The van der Waals surface area contributed by atoms with Gasteiger partial charge in [-0.15, -0.1) is 0 Å². The minimum Gasteiger partial charge on any atom is -0.338 e. The van der Waals surface area contributed by atoms with Gasteiger partial charge in [0, 0.05) is 31.0 Å². The first-order valence-corrected chi connectivity index (χ1v) is 7.95. The molecule has 2 heterocycles. The fourth-order valence-electron chi connectivity index (χ4n) is 3.85. The third-order valence-electron chi connectivity index (χ3n) is 5.08. The molecule has 0 N–H and O–H groups in total. The molecular weight excluding hydrogens is 248 g/mol. The predicted molar refractivity (Wildman–Crippen MR) is 79.6 cm³/mol. The molecule has 1 aromatic rings. The van der Waals surface area contributed by atoms with Crippen molar-refractivity contribution in [3.63, 3.8) is 0 Å². The Balaban J connectivity index is 1.65. The quantitative estimate of drug-likeness (QED) is 0.826. The van der Waals surface area contributed by atoms with E-state index in [1.165, 1.54) is 38.5 Å². The summed E-state index contributed by atoms with van der Waals surface area (Å²) >= 11 is 0. The van der Waals surface area contributed by atoms with Crippen LogP contribution in [0.1, 0.15) is 54.4 Å². The van der Waals surface area contributed by atoms with Crippen LogP contribution in [0, 0.1) is 18.8 Å². The highest BCUT2D eigenvalue weighted by molar-refractivity contribution is 5.95. The first-order chi connectivity index (χ1) is 9.75. The van der Waals surface area contributed by atoms with Crippen molar-refractivity contribution < 1.29 is 4.79 Å². The van der Waals surface area contributed by atoms with Gasteiger partial charge in [-0.25, -0.2) is 0 Å². The van der Waals surface area contributed by atoms with Crippen molar-refractivity contribution in [1.82, 2.24) is 9.88 Å². The Morgan fingerprint density at radius 3 is 2.75 bits per heavy atom. The zero-order valence-corrected chi connectivity index (χ0v) is 12.3. The van der Waals surface area contributed by atoms with Crippen LogP contribution in [0.3, 0.4) is 0 Å². The molecule has 2 aliphatic rings. The summed E-state index contributed by atoms with van der Waals surface area (Å²) in [5.74, 6) is 1.80. The SMILES string of the molecule is Cc1cnccc1C(=O)N1CC[C@@H](C2CCCCC2)C1. The highest BCUT2D eigenvalue weighted by Gasteiger charge is 2.32. The summed E-state index contributed by atoms with van der Waals surface area (Å²) in [5, 5.41) is 0. The van der Waals surface area contributed by atoms with Crippen molar-refractivity contribution in [1.29, 1.82) is 0 Å². The summed E-state index contributed by atoms with van der Waals surface area (Å²) in [7, 11) is 0. The second-order valence-electron chi connectivity index (χ2n) is 6.39. The van der Waals surface area contributed by atoms with E-state index in [4.69, 9.17) is 0 Å². The van der Waals surface area contributed by atoms with E-state index in [0.717, 1.165) is 36.1 Å². The first kappa shape index (κ1) is 13.6. The number of aromatic nitrogens is 1. The molecular formula is C17H24N2O. The molecule has 3 rings (SSSR count). The molecule has 0 bridgehead atoms. The fourth-order valence-corrected chi connectivity index (χ4v) is 3.85. The summed E-state index contributed by atoms with van der Waals surface area (Å²) < 4.78 is 0. The number of nitrogens with zero attached hydrogens (tertiary/aromatic N) is 2. The largest absolute Gasteiger partial charge is 0.338 e. The summed E-state index contributed by atoms with van der Waals surface area (Å²) in [6, 6.07) is 1.85. The normalized spacial score (nSPS) is 24.1. The van der Waals surface area contributed by atoms with E-state index >= 15 is 0 Å². The number of likely N-dealkylation sites (tertiary alicyclic amines) is 1. The number of pyridine rings is 1. The molecule has 1 saturated carbocycles. The Kier molecular flexibility index (Phi) is 4.04. The van der Waals surface area contributed by atoms with E-state index in [1.54, 1.807) is 12.4 Å². The maximum absolute atomic E-state index is 12.6. The van der Waals surface area contributed by atoms with Crippen LogP contribution in [0.5, 0.6) is 0 Å². The van der Waals surface area contributed by atoms with Crippen LogP contribution in [0.4, 0.5) is 0 Å². The highest BCUT2D eigenvalue weighted by Crippen LogP contribution is 2.35. The van der Waals surface area contributed by atoms with Gasteiger partial charge in [0.25, 0.3) is 5.91 Å². The van der Waals surface area contributed by atoms with E-state index in [0.29, 0.717) is 0 Å². The average molecular weight is 272 g/mol. The second kappa shape index (κ2) is 5.94. The number of amides is 1. The number of carbonyl (C=O) groups is 1. The van der Waals surface area contributed by atoms with Crippen LogP contribution in [0.2, 0.25) is 0 Å². The van der Waals surface area contributed by atoms with Crippen LogP contribution in [-0.4, -0.2) is 28.9 Å². The molecule has 1 amide bonds. The summed E-state index contributed by atoms with van der Waals surface area (Å²) in [6.45, 7) is 3.86. The molecule has 3 heteroatoms. The molecule has 1 saturated heterocycles. The molecule has 0 radical (unpaired) electrons. The summed E-state index contributed by atoms with van der Waals surface area (Å²) in [4.78, 5) is 18.7. The average Bonchev–Trinajstić information content (AvgIpc) is 2.98. The Hall–Kier alpha value is -1.38. The van der Waals surface area contributed by atoms with Crippen molar-refractivity contribution >= 4 is 5.91 Å². The van der Waals surface area contributed by atoms with Crippen LogP contribution < -0.4 is 0 Å². The lowest BCUT2D eigenvalue weighted by Gasteiger charge is -2.27. The van der Waals surface area contributed by atoms with E-state index < -0.39 is 0 Å². The molecule has 0 aromatic carbocycles. The van der Waals surface area contributed by atoms with E-state index in [-0.39, 0.29) is 5.91 Å². The van der Waals surface area contributed by atoms with Crippen LogP contribution in [0.15, 0.2) is 18.5 Å². The van der Waals surface area contributed by atoms with Gasteiger partial charge in [0.1, 0.15) is 0 Å². The van der Waals surface area contributed by atoms with Crippen molar-refractivity contribution in [2.45, 2.75) is 45.4 Å². The van der Waals surface area contributed by atoms with Crippen LogP contribution in [0.25, 0.3) is 0 Å². The summed E-state index contributed by atoms with van der Waals surface area (Å²) in [6.07, 6.45) is 11.6. The van der Waals surface area contributed by atoms with Gasteiger partial charge in [-0.2, -0.15) is 0 Å². The first-order valence-electron chi connectivity index (χ1n) is 7.95. The zero-order valence-electron chi connectivity index (χ0n) is 12.3. The minimum atomic E-state index is 0.197. The van der Waals surface area contributed by atoms with E-state index in [1.807, 2.05) is 13.0 Å². The van der Waals surface area contributed by atoms with Gasteiger partial charge in [-0.05, 0) is 36.8 Å². The Bertz CT molecular complexity index is 480. The standard InChI is InChI=1S/C17H24N2O/c1-13-11-18-9-7-16(13)17(20)19-10-8-15(12-19)14-5-3-2-4-6-14/h7,9,11,14-15H,2-6,8,10,12H2,1H3/t15-/m1/s1. The number of hydrogen-bond donors (Lipinski definition) is 0. The Morgan fingerprint density at radius 1 is 1.20 bits per heavy atom. The van der Waals surface area contributed by atoms with E-state index in [2.05, 4.69) is 9.88 Å². The minimum absolute atomic E-state index is 0.197. The van der Waals surface area contributed by atoms with Gasteiger partial charge in [-0.3, -0.25) is 9.78 Å². The van der Waals surface area contributed by atoms with Gasteiger partial charge in [0.05, 0.1) is 0 Å². The summed E-state index contributed by atoms with van der Waals surface area (Å²) in [5.41, 5.74) is 1.81. The molecule has 108 valence electrons. The molecule has 0 unspecified atom stereocenters. The lowest BCUT2D eigenvalue weighted by Crippen LogP contribution is -2.30. The smallest absolute Gasteiger partial charge is 0.254 e. The Labute approximate surface area is 121 Å². The molecule has 1 atom stereocenters. The van der Waals surface area contributed by atoms with Crippen molar-refractivity contribution in [2.24, 2.45) is 11.8 Å². The molecule has 0 spiro atoms.